The summed E-state index contributed by atoms with van der Waals surface area (Å²) < 4.78 is 2.66. The molecule has 4 heterocycles. The van der Waals surface area contributed by atoms with E-state index in [1.807, 2.05) is 11.3 Å². The molecule has 364 valence electrons. The molecule has 8 aromatic carbocycles. The van der Waals surface area contributed by atoms with E-state index in [9.17, 15) is 0 Å². The molecule has 0 bridgehead atoms. The van der Waals surface area contributed by atoms with Crippen LogP contribution in [0.15, 0.2) is 164 Å². The van der Waals surface area contributed by atoms with Crippen molar-refractivity contribution in [3.63, 3.8) is 0 Å². The molecule has 0 saturated heterocycles. The first-order valence-corrected chi connectivity index (χ1v) is 27.7. The molecule has 2 unspecified atom stereocenters. The highest BCUT2D eigenvalue weighted by Gasteiger charge is 2.58. The molecule has 0 N–H and O–H groups in total. The summed E-state index contributed by atoms with van der Waals surface area (Å²) in [7, 11) is 0. The van der Waals surface area contributed by atoms with Crippen LogP contribution < -0.4 is 31.1 Å². The lowest BCUT2D eigenvalue weighted by molar-refractivity contribution is 0.195. The largest absolute Gasteiger partial charge is 0.334 e. The van der Waals surface area contributed by atoms with E-state index in [1.54, 1.807) is 0 Å². The van der Waals surface area contributed by atoms with Gasteiger partial charge in [-0.1, -0.05) is 179 Å². The summed E-state index contributed by atoms with van der Waals surface area (Å²) in [6.07, 6.45) is 4.78. The van der Waals surface area contributed by atoms with Crippen LogP contribution in [0.25, 0.3) is 31.3 Å². The predicted molar refractivity (Wildman–Crippen MR) is 318 cm³/mol. The minimum atomic E-state index is -0.134. The van der Waals surface area contributed by atoms with Crippen LogP contribution in [0.2, 0.25) is 0 Å². The Morgan fingerprint density at radius 2 is 1.05 bits per heavy atom. The number of fused-ring (bicyclic) bond motifs is 10. The van der Waals surface area contributed by atoms with Gasteiger partial charge in [-0.05, 0) is 147 Å². The Hall–Kier alpha value is -6.56. The number of hydrogen-bond acceptors (Lipinski definition) is 4. The maximum Gasteiger partial charge on any atom is 0.252 e. The summed E-state index contributed by atoms with van der Waals surface area (Å²) in [4.78, 5) is 8.15. The monoisotopic (exact) mass is 970 g/mol. The maximum absolute atomic E-state index is 2.80. The molecule has 3 aliphatic heterocycles. The lowest BCUT2D eigenvalue weighted by atomic mass is 9.33. The Labute approximate surface area is 438 Å². The van der Waals surface area contributed by atoms with Crippen molar-refractivity contribution in [3.05, 3.63) is 186 Å². The molecule has 1 aliphatic carbocycles. The molecule has 0 spiro atoms. The number of nitrogens with zero attached hydrogens (tertiary/aromatic N) is 3. The normalized spacial score (nSPS) is 19.2. The molecular weight excluding hydrogens is 902 g/mol. The highest BCUT2D eigenvalue weighted by molar-refractivity contribution is 7.26. The van der Waals surface area contributed by atoms with Crippen molar-refractivity contribution in [1.82, 2.24) is 0 Å². The van der Waals surface area contributed by atoms with Crippen LogP contribution >= 0.6 is 11.3 Å². The van der Waals surface area contributed by atoms with Gasteiger partial charge in [-0.3, -0.25) is 0 Å². The van der Waals surface area contributed by atoms with Crippen molar-refractivity contribution in [1.29, 1.82) is 0 Å². The van der Waals surface area contributed by atoms with E-state index in [2.05, 4.69) is 255 Å². The molecule has 2 atom stereocenters. The van der Waals surface area contributed by atoms with Gasteiger partial charge in [0.25, 0.3) is 6.71 Å². The number of anilines is 8. The number of para-hydroxylation sites is 1. The summed E-state index contributed by atoms with van der Waals surface area (Å²) >= 11 is 1.93. The average molecular weight is 970 g/mol. The smallest absolute Gasteiger partial charge is 0.252 e. The second kappa shape index (κ2) is 16.0. The van der Waals surface area contributed by atoms with Crippen LogP contribution in [0.1, 0.15) is 124 Å². The van der Waals surface area contributed by atoms with Gasteiger partial charge < -0.3 is 14.7 Å². The molecule has 1 fully saturated rings. The Morgan fingerprint density at radius 1 is 0.452 bits per heavy atom. The third-order valence-electron chi connectivity index (χ3n) is 17.9. The average Bonchev–Trinajstić information content (AvgIpc) is 3.84. The first-order chi connectivity index (χ1) is 34.8. The second-order valence-corrected chi connectivity index (χ2v) is 26.4. The van der Waals surface area contributed by atoms with Crippen LogP contribution in [0.4, 0.5) is 45.5 Å². The Morgan fingerprint density at radius 3 is 1.78 bits per heavy atom. The van der Waals surface area contributed by atoms with E-state index in [4.69, 9.17) is 0 Å². The third kappa shape index (κ3) is 6.90. The Bertz CT molecular complexity index is 3700. The van der Waals surface area contributed by atoms with Crippen molar-refractivity contribution in [2.45, 2.75) is 129 Å². The number of hydrogen-bond donors (Lipinski definition) is 0. The Kier molecular flexibility index (Phi) is 10.1. The van der Waals surface area contributed by atoms with E-state index in [0.29, 0.717) is 0 Å². The fourth-order valence-electron chi connectivity index (χ4n) is 13.6. The second-order valence-electron chi connectivity index (χ2n) is 25.3. The minimum absolute atomic E-state index is 0.00287. The first kappa shape index (κ1) is 46.2. The predicted octanol–water partition coefficient (Wildman–Crippen LogP) is 17.4. The standard InChI is InChI=1S/C68H68BN3S/c1-64(2,3)44-27-31-47(32-28-44)70-57-34-30-46(66(7,8)9)38-53(57)69-54-42-62-51(49-23-15-18-26-61(49)73-62)41-58(54)71(55-33-29-45(65(4,5)6)37-50(55)43-21-13-12-14-22-43)60-40-48(39-59(70)63(60)69)72-56-25-17-16-24-52(56)67(10)35-19-20-36-68(67,72)11/h12-18,21-34,37-42H,19-20,35-36H2,1-11H3. The van der Waals surface area contributed by atoms with E-state index in [1.165, 1.54) is 135 Å². The quantitative estimate of drug-likeness (QED) is 0.163. The van der Waals surface area contributed by atoms with Gasteiger partial charge in [0, 0.05) is 71.0 Å². The number of thiophene rings is 1. The summed E-state index contributed by atoms with van der Waals surface area (Å²) in [6, 6.07) is 64.3. The molecular formula is C68H68BN3S. The fourth-order valence-corrected chi connectivity index (χ4v) is 14.7. The summed E-state index contributed by atoms with van der Waals surface area (Å²) in [5.74, 6) is 0. The maximum atomic E-state index is 2.80. The lowest BCUT2D eigenvalue weighted by Crippen LogP contribution is -2.61. The van der Waals surface area contributed by atoms with Crippen molar-refractivity contribution >= 4 is 100 Å². The van der Waals surface area contributed by atoms with Crippen LogP contribution in [-0.4, -0.2) is 12.3 Å². The summed E-state index contributed by atoms with van der Waals surface area (Å²) in [5.41, 5.74) is 21.8. The topological polar surface area (TPSA) is 9.72 Å². The van der Waals surface area contributed by atoms with Crippen molar-refractivity contribution < 1.29 is 0 Å². The van der Waals surface area contributed by atoms with Gasteiger partial charge in [0.1, 0.15) is 0 Å². The van der Waals surface area contributed by atoms with Gasteiger partial charge in [-0.25, -0.2) is 0 Å². The highest BCUT2D eigenvalue weighted by atomic mass is 32.1. The number of benzene rings is 8. The van der Waals surface area contributed by atoms with E-state index in [0.717, 1.165) is 6.42 Å². The van der Waals surface area contributed by atoms with Gasteiger partial charge in [0.15, 0.2) is 0 Å². The molecule has 73 heavy (non-hydrogen) atoms. The van der Waals surface area contributed by atoms with Gasteiger partial charge in [0.05, 0.1) is 11.2 Å². The molecule has 1 aromatic heterocycles. The molecule has 0 radical (unpaired) electrons. The molecule has 9 aromatic rings. The first-order valence-electron chi connectivity index (χ1n) is 26.9. The Balaban J connectivity index is 1.20. The van der Waals surface area contributed by atoms with Gasteiger partial charge in [0.2, 0.25) is 0 Å². The van der Waals surface area contributed by atoms with Crippen LogP contribution in [0, 0.1) is 0 Å². The molecule has 13 rings (SSSR count). The SMILES string of the molecule is CC(C)(C)c1ccc(N2c3ccc(C(C)(C)C)cc3B3c4cc5sc6ccccc6c5cc4N(c4ccc(C(C)(C)C)cc4-c4ccccc4)c4cc(N5c6ccccc6C6(C)CCCCC56C)cc2c43)cc1. The van der Waals surface area contributed by atoms with Gasteiger partial charge in [-0.2, -0.15) is 0 Å². The molecule has 5 heteroatoms. The molecule has 1 saturated carbocycles. The lowest BCUT2D eigenvalue weighted by Gasteiger charge is -2.51. The zero-order chi connectivity index (χ0) is 50.6. The zero-order valence-corrected chi connectivity index (χ0v) is 45.6. The van der Waals surface area contributed by atoms with Crippen molar-refractivity contribution in [2.75, 3.05) is 14.7 Å². The van der Waals surface area contributed by atoms with Crippen molar-refractivity contribution in [2.24, 2.45) is 0 Å². The van der Waals surface area contributed by atoms with E-state index in [-0.39, 0.29) is 33.9 Å². The fraction of sp³-hybridized carbons (Fsp3) is 0.294. The molecule has 3 nitrogen and oxygen atoms in total. The zero-order valence-electron chi connectivity index (χ0n) is 44.7. The van der Waals surface area contributed by atoms with Gasteiger partial charge in [-0.15, -0.1) is 11.3 Å². The van der Waals surface area contributed by atoms with E-state index < -0.39 is 0 Å². The third-order valence-corrected chi connectivity index (χ3v) is 19.0. The number of rotatable bonds is 4. The molecule has 0 amide bonds. The van der Waals surface area contributed by atoms with Crippen LogP contribution in [-0.2, 0) is 21.7 Å². The minimum Gasteiger partial charge on any atom is -0.334 e. The molecule has 4 aliphatic rings. The summed E-state index contributed by atoms with van der Waals surface area (Å²) in [6.45, 7) is 26.2. The summed E-state index contributed by atoms with van der Waals surface area (Å²) in [5, 5.41) is 2.63. The van der Waals surface area contributed by atoms with Crippen LogP contribution in [0.5, 0.6) is 0 Å². The van der Waals surface area contributed by atoms with Gasteiger partial charge >= 0.3 is 0 Å². The highest BCUT2D eigenvalue weighted by Crippen LogP contribution is 2.62. The van der Waals surface area contributed by atoms with Crippen LogP contribution in [0.3, 0.4) is 0 Å². The van der Waals surface area contributed by atoms with Crippen molar-refractivity contribution in [3.8, 4) is 11.1 Å². The van der Waals surface area contributed by atoms with E-state index >= 15 is 0 Å².